The summed E-state index contributed by atoms with van der Waals surface area (Å²) in [5.41, 5.74) is -0.334. The van der Waals surface area contributed by atoms with Gasteiger partial charge in [0.1, 0.15) is 0 Å². The average molecular weight is 158 g/mol. The third-order valence-corrected chi connectivity index (χ3v) is 3.56. The highest BCUT2D eigenvalue weighted by Crippen LogP contribution is 2.65. The van der Waals surface area contributed by atoms with Crippen molar-refractivity contribution in [3.63, 3.8) is 0 Å². The molecule has 3 N–H and O–H groups in total. The Morgan fingerprint density at radius 1 is 1.45 bits per heavy atom. The Morgan fingerprint density at radius 3 is 2.36 bits per heavy atom. The number of fused-ring (bicyclic) bond motifs is 1. The first kappa shape index (κ1) is 7.53. The van der Waals surface area contributed by atoms with Crippen molar-refractivity contribution in [2.45, 2.75) is 25.6 Å². The zero-order chi connectivity index (χ0) is 8.22. The Bertz CT molecular complexity index is 180. The van der Waals surface area contributed by atoms with E-state index in [-0.39, 0.29) is 17.9 Å². The van der Waals surface area contributed by atoms with Crippen molar-refractivity contribution in [3.8, 4) is 0 Å². The molecular formula is C8H14O3. The fraction of sp³-hybridized carbons (Fsp3) is 1.00. The maximum absolute atomic E-state index is 9.52. The molecular weight excluding hydrogens is 144 g/mol. The van der Waals surface area contributed by atoms with Crippen LogP contribution in [0.5, 0.6) is 0 Å². The molecule has 0 radical (unpaired) electrons. The summed E-state index contributed by atoms with van der Waals surface area (Å²) in [4.78, 5) is 0. The van der Waals surface area contributed by atoms with Crippen molar-refractivity contribution in [3.05, 3.63) is 0 Å². The van der Waals surface area contributed by atoms with Gasteiger partial charge in [-0.25, -0.2) is 0 Å². The second kappa shape index (κ2) is 1.97. The van der Waals surface area contributed by atoms with Crippen LogP contribution >= 0.6 is 0 Å². The molecule has 64 valence electrons. The van der Waals surface area contributed by atoms with Crippen molar-refractivity contribution < 1.29 is 15.3 Å². The molecule has 5 atom stereocenters. The van der Waals surface area contributed by atoms with E-state index in [0.717, 1.165) is 6.42 Å². The fourth-order valence-electron chi connectivity index (χ4n) is 2.54. The van der Waals surface area contributed by atoms with Crippen LogP contribution in [-0.4, -0.2) is 34.1 Å². The lowest BCUT2D eigenvalue weighted by Crippen LogP contribution is -2.34. The van der Waals surface area contributed by atoms with Crippen LogP contribution in [0.2, 0.25) is 0 Å². The molecule has 0 saturated heterocycles. The molecule has 0 bridgehead atoms. The third-order valence-electron chi connectivity index (χ3n) is 3.56. The Morgan fingerprint density at radius 2 is 2.09 bits per heavy atom. The molecule has 2 saturated carbocycles. The SMILES string of the molecule is C[C@H]1C(O)[C@@H](O)[C@@]2(CO)C[C@H]12. The topological polar surface area (TPSA) is 60.7 Å². The molecule has 0 aromatic rings. The Hall–Kier alpha value is -0.120. The minimum absolute atomic E-state index is 0.0141. The molecule has 3 heteroatoms. The van der Waals surface area contributed by atoms with E-state index in [2.05, 4.69) is 0 Å². The summed E-state index contributed by atoms with van der Waals surface area (Å²) in [5, 5.41) is 27.9. The van der Waals surface area contributed by atoms with Gasteiger partial charge in [-0.2, -0.15) is 0 Å². The quantitative estimate of drug-likeness (QED) is 0.475. The Labute approximate surface area is 65.7 Å². The van der Waals surface area contributed by atoms with E-state index in [9.17, 15) is 10.2 Å². The molecule has 0 aliphatic heterocycles. The molecule has 2 rings (SSSR count). The molecule has 0 aromatic heterocycles. The zero-order valence-electron chi connectivity index (χ0n) is 6.57. The van der Waals surface area contributed by atoms with Crippen LogP contribution in [-0.2, 0) is 0 Å². The molecule has 0 heterocycles. The van der Waals surface area contributed by atoms with Gasteiger partial charge in [0.15, 0.2) is 0 Å². The molecule has 1 unspecified atom stereocenters. The van der Waals surface area contributed by atoms with Crippen molar-refractivity contribution in [1.29, 1.82) is 0 Å². The number of rotatable bonds is 1. The molecule has 11 heavy (non-hydrogen) atoms. The molecule has 2 aliphatic carbocycles. The van der Waals surface area contributed by atoms with Crippen molar-refractivity contribution in [1.82, 2.24) is 0 Å². The summed E-state index contributed by atoms with van der Waals surface area (Å²) in [5.74, 6) is 0.495. The first-order chi connectivity index (χ1) is 5.13. The number of aliphatic hydroxyl groups is 3. The van der Waals surface area contributed by atoms with Gasteiger partial charge in [-0.1, -0.05) is 6.92 Å². The van der Waals surface area contributed by atoms with Gasteiger partial charge in [0, 0.05) is 5.41 Å². The monoisotopic (exact) mass is 158 g/mol. The smallest absolute Gasteiger partial charge is 0.0882 e. The predicted molar refractivity (Wildman–Crippen MR) is 38.8 cm³/mol. The van der Waals surface area contributed by atoms with Crippen LogP contribution in [0.15, 0.2) is 0 Å². The lowest BCUT2D eigenvalue weighted by Gasteiger charge is -2.20. The van der Waals surface area contributed by atoms with Gasteiger partial charge >= 0.3 is 0 Å². The van der Waals surface area contributed by atoms with E-state index in [1.807, 2.05) is 6.92 Å². The van der Waals surface area contributed by atoms with Gasteiger partial charge in [0.2, 0.25) is 0 Å². The zero-order valence-corrected chi connectivity index (χ0v) is 6.57. The van der Waals surface area contributed by atoms with Crippen LogP contribution in [0.3, 0.4) is 0 Å². The van der Waals surface area contributed by atoms with Gasteiger partial charge in [-0.3, -0.25) is 0 Å². The largest absolute Gasteiger partial charge is 0.396 e. The van der Waals surface area contributed by atoms with Gasteiger partial charge in [0.05, 0.1) is 18.8 Å². The lowest BCUT2D eigenvalue weighted by molar-refractivity contribution is -0.0302. The van der Waals surface area contributed by atoms with Crippen molar-refractivity contribution >= 4 is 0 Å². The van der Waals surface area contributed by atoms with E-state index >= 15 is 0 Å². The molecule has 0 amide bonds. The Balaban J connectivity index is 2.21. The van der Waals surface area contributed by atoms with Gasteiger partial charge < -0.3 is 15.3 Å². The minimum Gasteiger partial charge on any atom is -0.396 e. The minimum atomic E-state index is -0.701. The summed E-state index contributed by atoms with van der Waals surface area (Å²) in [6.45, 7) is 1.95. The molecule has 2 fully saturated rings. The van der Waals surface area contributed by atoms with Crippen molar-refractivity contribution in [2.75, 3.05) is 6.61 Å². The van der Waals surface area contributed by atoms with E-state index in [4.69, 9.17) is 5.11 Å². The first-order valence-electron chi connectivity index (χ1n) is 4.10. The first-order valence-corrected chi connectivity index (χ1v) is 4.10. The third kappa shape index (κ3) is 0.687. The number of aliphatic hydroxyl groups excluding tert-OH is 3. The predicted octanol–water partition coefficient (Wildman–Crippen LogP) is -0.644. The number of hydrogen-bond donors (Lipinski definition) is 3. The van der Waals surface area contributed by atoms with Crippen LogP contribution in [0, 0.1) is 17.3 Å². The summed E-state index contributed by atoms with van der Waals surface area (Å²) in [6.07, 6.45) is -0.448. The second-order valence-electron chi connectivity index (χ2n) is 4.00. The molecule has 0 aromatic carbocycles. The highest BCUT2D eigenvalue weighted by atomic mass is 16.3. The van der Waals surface area contributed by atoms with Crippen LogP contribution in [0.1, 0.15) is 13.3 Å². The lowest BCUT2D eigenvalue weighted by atomic mass is 9.99. The fourth-order valence-corrected chi connectivity index (χ4v) is 2.54. The van der Waals surface area contributed by atoms with E-state index < -0.39 is 12.2 Å². The second-order valence-corrected chi connectivity index (χ2v) is 4.00. The van der Waals surface area contributed by atoms with E-state index in [1.165, 1.54) is 0 Å². The van der Waals surface area contributed by atoms with Gasteiger partial charge in [-0.05, 0) is 18.3 Å². The molecule has 2 aliphatic rings. The maximum atomic E-state index is 9.52. The highest BCUT2D eigenvalue weighted by Gasteiger charge is 2.69. The summed E-state index contributed by atoms with van der Waals surface area (Å²) in [7, 11) is 0. The average Bonchev–Trinajstić information content (AvgIpc) is 2.71. The van der Waals surface area contributed by atoms with Gasteiger partial charge in [-0.15, -0.1) is 0 Å². The van der Waals surface area contributed by atoms with Crippen molar-refractivity contribution in [2.24, 2.45) is 17.3 Å². The van der Waals surface area contributed by atoms with E-state index in [1.54, 1.807) is 0 Å². The summed E-state index contributed by atoms with van der Waals surface area (Å²) >= 11 is 0. The van der Waals surface area contributed by atoms with E-state index in [0.29, 0.717) is 5.92 Å². The number of hydrogen-bond acceptors (Lipinski definition) is 3. The standard InChI is InChI=1S/C8H14O3/c1-4-5-2-8(5,3-9)7(11)6(4)10/h4-7,9-11H,2-3H2,1H3/t4-,5-,6?,7-,8-/m1/s1. The normalized spacial score (nSPS) is 61.1. The molecule has 3 nitrogen and oxygen atoms in total. The summed E-state index contributed by atoms with van der Waals surface area (Å²) in [6, 6.07) is 0. The van der Waals surface area contributed by atoms with Crippen LogP contribution < -0.4 is 0 Å². The highest BCUT2D eigenvalue weighted by molar-refractivity contribution is 5.17. The van der Waals surface area contributed by atoms with Gasteiger partial charge in [0.25, 0.3) is 0 Å². The van der Waals surface area contributed by atoms with Crippen LogP contribution in [0.4, 0.5) is 0 Å². The van der Waals surface area contributed by atoms with Crippen LogP contribution in [0.25, 0.3) is 0 Å². The summed E-state index contributed by atoms with van der Waals surface area (Å²) < 4.78 is 0. The Kier molecular flexibility index (Phi) is 1.35. The maximum Gasteiger partial charge on any atom is 0.0882 e. The molecule has 0 spiro atoms.